The van der Waals surface area contributed by atoms with Crippen molar-refractivity contribution in [2.24, 2.45) is 0 Å². The molecule has 1 saturated heterocycles. The Morgan fingerprint density at radius 1 is 1.02 bits per heavy atom. The molecule has 1 aliphatic rings. The lowest BCUT2D eigenvalue weighted by atomic mass is 10.1. The van der Waals surface area contributed by atoms with Crippen molar-refractivity contribution in [3.63, 3.8) is 0 Å². The van der Waals surface area contributed by atoms with Crippen LogP contribution >= 0.6 is 22.9 Å². The first-order valence-corrected chi connectivity index (χ1v) is 15.8. The summed E-state index contributed by atoms with van der Waals surface area (Å²) in [4.78, 5) is 14.6. The zero-order valence-electron chi connectivity index (χ0n) is 22.1. The monoisotopic (exact) mass is 606 g/mol. The summed E-state index contributed by atoms with van der Waals surface area (Å²) in [6, 6.07) is 19.3. The standard InChI is InChI=1S/C29H27ClN6O3S2/c1-18-33-28(27(40-18)24-14-16-32-29(35-24)34-19-7-6-15-31-17-19)39-25-13-12-23(20-8-2-3-9-21(20)25)36-41(37,38)26-11-5-4-10-22(26)30/h2-5,8-14,16,19,31,36H,6-7,15,17H2,1H3,(H,32,34,35)/t19-/m0/s1. The van der Waals surface area contributed by atoms with Gasteiger partial charge in [-0.3, -0.25) is 4.72 Å². The average Bonchev–Trinajstić information content (AvgIpc) is 3.35. The first-order valence-electron chi connectivity index (χ1n) is 13.1. The van der Waals surface area contributed by atoms with E-state index in [2.05, 4.69) is 25.3 Å². The van der Waals surface area contributed by atoms with Crippen LogP contribution in [0.4, 0.5) is 11.6 Å². The minimum Gasteiger partial charge on any atom is -0.437 e. The van der Waals surface area contributed by atoms with E-state index < -0.39 is 10.0 Å². The van der Waals surface area contributed by atoms with Crippen LogP contribution in [-0.2, 0) is 10.0 Å². The molecule has 41 heavy (non-hydrogen) atoms. The van der Waals surface area contributed by atoms with Gasteiger partial charge in [0.25, 0.3) is 10.0 Å². The van der Waals surface area contributed by atoms with Crippen molar-refractivity contribution in [2.45, 2.75) is 30.7 Å². The molecule has 2 aromatic heterocycles. The van der Waals surface area contributed by atoms with Crippen molar-refractivity contribution in [1.29, 1.82) is 0 Å². The first-order chi connectivity index (χ1) is 19.9. The van der Waals surface area contributed by atoms with Gasteiger partial charge in [-0.25, -0.2) is 23.4 Å². The Kier molecular flexibility index (Phi) is 7.76. The molecule has 3 aromatic carbocycles. The zero-order valence-corrected chi connectivity index (χ0v) is 24.5. The number of nitrogens with zero attached hydrogens (tertiary/aromatic N) is 3. The molecule has 1 fully saturated rings. The SMILES string of the molecule is Cc1nc(Oc2ccc(NS(=O)(=O)c3ccccc3Cl)c3ccccc23)c(-c2ccnc(N[C@H]3CCCNC3)n2)s1. The number of ether oxygens (including phenoxy) is 1. The molecule has 1 atom stereocenters. The predicted octanol–water partition coefficient (Wildman–Crippen LogP) is 6.47. The Hall–Kier alpha value is -3.77. The van der Waals surface area contributed by atoms with Crippen LogP contribution in [0.5, 0.6) is 11.6 Å². The van der Waals surface area contributed by atoms with E-state index in [0.717, 1.165) is 41.2 Å². The normalized spacial score (nSPS) is 15.5. The molecule has 9 nitrogen and oxygen atoms in total. The summed E-state index contributed by atoms with van der Waals surface area (Å²) < 4.78 is 35.4. The van der Waals surface area contributed by atoms with Gasteiger partial charge in [-0.15, -0.1) is 11.3 Å². The maximum Gasteiger partial charge on any atom is 0.263 e. The number of halogens is 1. The highest BCUT2D eigenvalue weighted by molar-refractivity contribution is 7.92. The summed E-state index contributed by atoms with van der Waals surface area (Å²) in [6.07, 6.45) is 3.90. The van der Waals surface area contributed by atoms with E-state index in [1.165, 1.54) is 17.4 Å². The van der Waals surface area contributed by atoms with Crippen LogP contribution in [-0.4, -0.2) is 42.5 Å². The molecule has 5 aromatic rings. The van der Waals surface area contributed by atoms with E-state index >= 15 is 0 Å². The Balaban J connectivity index is 1.31. The topological polar surface area (TPSA) is 118 Å². The van der Waals surface area contributed by atoms with E-state index in [1.807, 2.05) is 37.3 Å². The van der Waals surface area contributed by atoms with Crippen molar-refractivity contribution < 1.29 is 13.2 Å². The van der Waals surface area contributed by atoms with E-state index in [9.17, 15) is 8.42 Å². The Labute approximate surface area is 247 Å². The summed E-state index contributed by atoms with van der Waals surface area (Å²) in [7, 11) is -3.92. The molecule has 210 valence electrons. The van der Waals surface area contributed by atoms with Gasteiger partial charge in [0.1, 0.15) is 15.5 Å². The third-order valence-corrected chi connectivity index (χ3v) is 9.52. The van der Waals surface area contributed by atoms with Gasteiger partial charge in [0.05, 0.1) is 21.4 Å². The van der Waals surface area contributed by atoms with E-state index in [-0.39, 0.29) is 16.0 Å². The number of anilines is 2. The molecule has 0 unspecified atom stereocenters. The van der Waals surface area contributed by atoms with Crippen LogP contribution in [0, 0.1) is 6.92 Å². The molecule has 0 amide bonds. The van der Waals surface area contributed by atoms with Gasteiger partial charge in [0, 0.05) is 29.6 Å². The number of hydrogen-bond donors (Lipinski definition) is 3. The predicted molar refractivity (Wildman–Crippen MR) is 164 cm³/mol. The molecule has 12 heteroatoms. The summed E-state index contributed by atoms with van der Waals surface area (Å²) in [5.41, 5.74) is 1.12. The Bertz CT molecular complexity index is 1820. The van der Waals surface area contributed by atoms with Crippen molar-refractivity contribution >= 4 is 55.4 Å². The second-order valence-electron chi connectivity index (χ2n) is 9.62. The highest BCUT2D eigenvalue weighted by Crippen LogP contribution is 2.41. The maximum absolute atomic E-state index is 13.1. The number of rotatable bonds is 8. The third-order valence-electron chi connectivity index (χ3n) is 6.68. The van der Waals surface area contributed by atoms with Crippen LogP contribution in [0.1, 0.15) is 17.8 Å². The number of benzene rings is 3. The third kappa shape index (κ3) is 5.98. The summed E-state index contributed by atoms with van der Waals surface area (Å²) in [5, 5.41) is 9.18. The summed E-state index contributed by atoms with van der Waals surface area (Å²) >= 11 is 7.66. The van der Waals surface area contributed by atoms with Gasteiger partial charge in [-0.1, -0.05) is 48.0 Å². The van der Waals surface area contributed by atoms with Crippen LogP contribution in [0.25, 0.3) is 21.3 Å². The highest BCUT2D eigenvalue weighted by atomic mass is 35.5. The molecule has 0 radical (unpaired) electrons. The Morgan fingerprint density at radius 3 is 2.63 bits per heavy atom. The number of hydrogen-bond acceptors (Lipinski definition) is 9. The second kappa shape index (κ2) is 11.6. The summed E-state index contributed by atoms with van der Waals surface area (Å²) in [5.74, 6) is 1.52. The van der Waals surface area contributed by atoms with Gasteiger partial charge in [0.15, 0.2) is 0 Å². The van der Waals surface area contributed by atoms with Gasteiger partial charge in [-0.2, -0.15) is 0 Å². The zero-order chi connectivity index (χ0) is 28.4. The molecule has 0 bridgehead atoms. The van der Waals surface area contributed by atoms with Crippen molar-refractivity contribution in [3.05, 3.63) is 83.0 Å². The lowest BCUT2D eigenvalue weighted by molar-refractivity contribution is 0.472. The minimum absolute atomic E-state index is 0.00660. The van der Waals surface area contributed by atoms with Crippen molar-refractivity contribution in [3.8, 4) is 22.2 Å². The van der Waals surface area contributed by atoms with Gasteiger partial charge in [-0.05, 0) is 56.6 Å². The minimum atomic E-state index is -3.92. The molecule has 0 aliphatic carbocycles. The van der Waals surface area contributed by atoms with Crippen LogP contribution in [0.2, 0.25) is 5.02 Å². The number of aryl methyl sites for hydroxylation is 1. The van der Waals surface area contributed by atoms with Crippen LogP contribution in [0.15, 0.2) is 77.8 Å². The lowest BCUT2D eigenvalue weighted by Gasteiger charge is -2.23. The highest BCUT2D eigenvalue weighted by Gasteiger charge is 2.21. The molecule has 3 N–H and O–H groups in total. The molecular weight excluding hydrogens is 580 g/mol. The molecule has 0 saturated carbocycles. The number of thiazole rings is 1. The number of fused-ring (bicyclic) bond motifs is 1. The van der Waals surface area contributed by atoms with Crippen molar-refractivity contribution in [1.82, 2.24) is 20.3 Å². The Morgan fingerprint density at radius 2 is 1.83 bits per heavy atom. The largest absolute Gasteiger partial charge is 0.437 e. The van der Waals surface area contributed by atoms with Gasteiger partial charge < -0.3 is 15.4 Å². The van der Waals surface area contributed by atoms with E-state index in [1.54, 1.807) is 36.5 Å². The van der Waals surface area contributed by atoms with Gasteiger partial charge in [0.2, 0.25) is 11.8 Å². The van der Waals surface area contributed by atoms with Gasteiger partial charge >= 0.3 is 0 Å². The van der Waals surface area contributed by atoms with Crippen molar-refractivity contribution in [2.75, 3.05) is 23.1 Å². The number of piperidine rings is 1. The summed E-state index contributed by atoms with van der Waals surface area (Å²) in [6.45, 7) is 3.82. The fraction of sp³-hybridized carbons (Fsp3) is 0.207. The first kappa shape index (κ1) is 27.4. The number of nitrogens with one attached hydrogen (secondary N) is 3. The van der Waals surface area contributed by atoms with Crippen LogP contribution in [0.3, 0.4) is 0 Å². The average molecular weight is 607 g/mol. The smallest absolute Gasteiger partial charge is 0.263 e. The molecule has 6 rings (SSSR count). The number of aromatic nitrogens is 3. The van der Waals surface area contributed by atoms with E-state index in [4.69, 9.17) is 21.3 Å². The molecular formula is C29H27ClN6O3S2. The molecule has 0 spiro atoms. The molecule has 3 heterocycles. The van der Waals surface area contributed by atoms with Crippen LogP contribution < -0.4 is 20.1 Å². The number of sulfonamides is 1. The lowest BCUT2D eigenvalue weighted by Crippen LogP contribution is -2.38. The second-order valence-corrected chi connectivity index (χ2v) is 12.9. The molecule has 1 aliphatic heterocycles. The maximum atomic E-state index is 13.1. The fourth-order valence-corrected chi connectivity index (χ4v) is 7.18. The fourth-order valence-electron chi connectivity index (χ4n) is 4.77. The quantitative estimate of drug-likeness (QED) is 0.184. The van der Waals surface area contributed by atoms with E-state index in [0.29, 0.717) is 34.3 Å².